The minimum atomic E-state index is -5.27. The molecule has 1 heterocycles. The maximum absolute atomic E-state index is 11.7. The van der Waals surface area contributed by atoms with Gasteiger partial charge in [0.25, 0.3) is 0 Å². The Hall–Kier alpha value is -0.0200. The zero-order valence-electron chi connectivity index (χ0n) is 15.0. The molecular formula is C12H26O14P2. The molecule has 168 valence electrons. The number of hydrogen-bond acceptors (Lipinski definition) is 12. The van der Waals surface area contributed by atoms with Crippen molar-refractivity contribution in [3.63, 3.8) is 0 Å². The second-order valence-electron chi connectivity index (χ2n) is 6.26. The molecule has 1 aliphatic heterocycles. The first-order valence-electron chi connectivity index (χ1n) is 8.06. The summed E-state index contributed by atoms with van der Waals surface area (Å²) in [6.45, 7) is 0.684. The topological polar surface area (TPSA) is 233 Å². The summed E-state index contributed by atoms with van der Waals surface area (Å²) < 4.78 is 41.2. The Morgan fingerprint density at radius 3 is 1.96 bits per heavy atom. The summed E-state index contributed by atoms with van der Waals surface area (Å²) in [5, 5.41) is 56.7. The number of aliphatic hydroxyl groups excluding tert-OH is 6. The molecule has 4 unspecified atom stereocenters. The van der Waals surface area contributed by atoms with E-state index in [0.717, 1.165) is 6.92 Å². The van der Waals surface area contributed by atoms with E-state index in [4.69, 9.17) is 9.84 Å². The zero-order chi connectivity index (χ0) is 21.9. The molecule has 0 aromatic carbocycles. The van der Waals surface area contributed by atoms with E-state index in [1.807, 2.05) is 0 Å². The van der Waals surface area contributed by atoms with Gasteiger partial charge in [0.15, 0.2) is 0 Å². The van der Waals surface area contributed by atoms with E-state index in [1.165, 1.54) is 6.92 Å². The molecule has 0 bridgehead atoms. The highest BCUT2D eigenvalue weighted by Gasteiger charge is 2.43. The number of phosphoric ester groups is 2. The van der Waals surface area contributed by atoms with Gasteiger partial charge in [-0.2, -0.15) is 4.31 Å². The molecular weight excluding hydrogens is 430 g/mol. The van der Waals surface area contributed by atoms with Gasteiger partial charge < -0.3 is 45.2 Å². The van der Waals surface area contributed by atoms with Crippen molar-refractivity contribution in [2.75, 3.05) is 13.2 Å². The summed E-state index contributed by atoms with van der Waals surface area (Å²) >= 11 is 0. The molecule has 1 fully saturated rings. The van der Waals surface area contributed by atoms with E-state index in [-0.39, 0.29) is 0 Å². The smallest absolute Gasteiger partial charge is 0.391 e. The summed E-state index contributed by atoms with van der Waals surface area (Å²) in [5.74, 6) is 0. The lowest BCUT2D eigenvalue weighted by atomic mass is 10.1. The first-order chi connectivity index (χ1) is 12.7. The Bertz CT molecular complexity index is 587. The Labute approximate surface area is 160 Å². The molecule has 1 rings (SSSR count). The third-order valence-electron chi connectivity index (χ3n) is 3.86. The predicted molar refractivity (Wildman–Crippen MR) is 88.7 cm³/mol. The van der Waals surface area contributed by atoms with Gasteiger partial charge in [-0.15, -0.1) is 0 Å². The van der Waals surface area contributed by atoms with Crippen LogP contribution >= 0.6 is 15.6 Å². The zero-order valence-corrected chi connectivity index (χ0v) is 16.7. The summed E-state index contributed by atoms with van der Waals surface area (Å²) in [4.78, 5) is 18.9. The summed E-state index contributed by atoms with van der Waals surface area (Å²) in [5.41, 5.74) is 0. The van der Waals surface area contributed by atoms with E-state index < -0.39 is 77.7 Å². The predicted octanol–water partition coefficient (Wildman–Crippen LogP) is -2.79. The molecule has 1 aliphatic rings. The van der Waals surface area contributed by atoms with Crippen LogP contribution < -0.4 is 0 Å². The van der Waals surface area contributed by atoms with E-state index >= 15 is 0 Å². The maximum Gasteiger partial charge on any atom is 0.481 e. The average Bonchev–Trinajstić information content (AvgIpc) is 2.82. The van der Waals surface area contributed by atoms with Gasteiger partial charge in [0.05, 0.1) is 25.4 Å². The largest absolute Gasteiger partial charge is 0.481 e. The Morgan fingerprint density at radius 2 is 1.50 bits per heavy atom. The van der Waals surface area contributed by atoms with Crippen LogP contribution in [-0.4, -0.2) is 102 Å². The molecule has 0 spiro atoms. The van der Waals surface area contributed by atoms with Gasteiger partial charge in [-0.25, -0.2) is 9.13 Å². The van der Waals surface area contributed by atoms with Crippen LogP contribution in [-0.2, 0) is 27.2 Å². The van der Waals surface area contributed by atoms with Crippen LogP contribution in [0.1, 0.15) is 13.8 Å². The van der Waals surface area contributed by atoms with Gasteiger partial charge in [0, 0.05) is 0 Å². The Balaban J connectivity index is 2.53. The molecule has 0 saturated carbocycles. The van der Waals surface area contributed by atoms with Crippen molar-refractivity contribution in [1.29, 1.82) is 0 Å². The van der Waals surface area contributed by atoms with Crippen LogP contribution in [0, 0.1) is 0 Å². The second-order valence-corrected chi connectivity index (χ2v) is 9.30. The summed E-state index contributed by atoms with van der Waals surface area (Å²) in [6, 6.07) is 0. The molecule has 0 aromatic rings. The SMILES string of the molecule is CC1OC(COP(=O)(O)OP(=O)(O)OC[C@H](O)[C@@H](O)[C@@H](O)[C@@H](C)O)[C@@H](O)[C@H]1O. The average molecular weight is 456 g/mol. The van der Waals surface area contributed by atoms with Gasteiger partial charge >= 0.3 is 15.6 Å². The lowest BCUT2D eigenvalue weighted by Crippen LogP contribution is -2.45. The minimum Gasteiger partial charge on any atom is -0.391 e. The molecule has 16 heteroatoms. The molecule has 14 nitrogen and oxygen atoms in total. The number of phosphoric acid groups is 2. The second kappa shape index (κ2) is 10.3. The van der Waals surface area contributed by atoms with Crippen molar-refractivity contribution in [1.82, 2.24) is 0 Å². The van der Waals surface area contributed by atoms with Crippen LogP contribution in [0.3, 0.4) is 0 Å². The molecule has 8 N–H and O–H groups in total. The van der Waals surface area contributed by atoms with Crippen LogP contribution in [0.4, 0.5) is 0 Å². The van der Waals surface area contributed by atoms with E-state index in [2.05, 4.69) is 13.4 Å². The first kappa shape index (κ1) is 26.0. The fraction of sp³-hybridized carbons (Fsp3) is 1.00. The standard InChI is InChI=1S/C12H26O14P2/c1-5(13)9(15)11(17)7(14)3-23-27(19,20)26-28(21,22)24-4-8-12(18)10(16)6(2)25-8/h5-18H,3-4H2,1-2H3,(H,19,20)(H,21,22)/t5-,6?,7+,8?,9+,10+,11-,12-/m1/s1. The van der Waals surface area contributed by atoms with Gasteiger partial charge in [0.2, 0.25) is 0 Å². The fourth-order valence-electron chi connectivity index (χ4n) is 2.20. The highest BCUT2D eigenvalue weighted by Crippen LogP contribution is 2.60. The molecule has 28 heavy (non-hydrogen) atoms. The number of hydrogen-bond donors (Lipinski definition) is 8. The van der Waals surface area contributed by atoms with Gasteiger partial charge in [-0.3, -0.25) is 9.05 Å². The van der Waals surface area contributed by atoms with E-state index in [9.17, 15) is 44.4 Å². The van der Waals surface area contributed by atoms with Crippen molar-refractivity contribution < 1.29 is 67.7 Å². The monoisotopic (exact) mass is 456 g/mol. The number of rotatable bonds is 11. The molecule has 10 atom stereocenters. The number of ether oxygens (including phenoxy) is 1. The fourth-order valence-corrected chi connectivity index (χ4v) is 4.30. The molecule has 0 radical (unpaired) electrons. The highest BCUT2D eigenvalue weighted by atomic mass is 31.3. The molecule has 0 aliphatic carbocycles. The first-order valence-corrected chi connectivity index (χ1v) is 11.1. The third-order valence-corrected chi connectivity index (χ3v) is 6.46. The molecule has 0 amide bonds. The van der Waals surface area contributed by atoms with Crippen LogP contribution in [0.2, 0.25) is 0 Å². The van der Waals surface area contributed by atoms with Gasteiger partial charge in [-0.1, -0.05) is 0 Å². The molecule has 0 aromatic heterocycles. The van der Waals surface area contributed by atoms with Crippen molar-refractivity contribution in [2.24, 2.45) is 0 Å². The van der Waals surface area contributed by atoms with Crippen molar-refractivity contribution in [3.05, 3.63) is 0 Å². The van der Waals surface area contributed by atoms with E-state index in [1.54, 1.807) is 0 Å². The molecule has 1 saturated heterocycles. The normalized spacial score (nSPS) is 34.2. The van der Waals surface area contributed by atoms with E-state index in [0.29, 0.717) is 0 Å². The lowest BCUT2D eigenvalue weighted by Gasteiger charge is -2.25. The minimum absolute atomic E-state index is 0.766. The highest BCUT2D eigenvalue weighted by molar-refractivity contribution is 7.61. The van der Waals surface area contributed by atoms with Crippen molar-refractivity contribution in [3.8, 4) is 0 Å². The number of aliphatic hydroxyl groups is 6. The van der Waals surface area contributed by atoms with Gasteiger partial charge in [0.1, 0.15) is 36.6 Å². The Kier molecular flexibility index (Phi) is 9.60. The third kappa shape index (κ3) is 7.67. The quantitative estimate of drug-likeness (QED) is 0.147. The lowest BCUT2D eigenvalue weighted by molar-refractivity contribution is -0.109. The Morgan fingerprint density at radius 1 is 0.964 bits per heavy atom. The van der Waals surface area contributed by atoms with Crippen LogP contribution in [0.15, 0.2) is 0 Å². The van der Waals surface area contributed by atoms with Crippen LogP contribution in [0.25, 0.3) is 0 Å². The van der Waals surface area contributed by atoms with Crippen molar-refractivity contribution in [2.45, 2.75) is 62.7 Å². The van der Waals surface area contributed by atoms with Crippen molar-refractivity contribution >= 4 is 15.6 Å². The summed E-state index contributed by atoms with van der Waals surface area (Å²) in [6.07, 6.45) is -11.8. The van der Waals surface area contributed by atoms with Crippen LogP contribution in [0.5, 0.6) is 0 Å². The maximum atomic E-state index is 11.7. The van der Waals surface area contributed by atoms with Gasteiger partial charge in [-0.05, 0) is 13.8 Å². The summed E-state index contributed by atoms with van der Waals surface area (Å²) in [7, 11) is -10.5.